The first kappa shape index (κ1) is 24.1. The van der Waals surface area contributed by atoms with Crippen LogP contribution in [0.5, 0.6) is 5.75 Å². The highest BCUT2D eigenvalue weighted by atomic mass is 32.2. The molecule has 9 heteroatoms. The Kier molecular flexibility index (Phi) is 8.35. The van der Waals surface area contributed by atoms with Crippen molar-refractivity contribution in [2.75, 3.05) is 20.3 Å². The van der Waals surface area contributed by atoms with Crippen molar-refractivity contribution in [1.82, 2.24) is 4.72 Å². The quantitative estimate of drug-likeness (QED) is 0.309. The number of aromatic carboxylic acids is 1. The molecule has 2 aromatic rings. The normalized spacial score (nSPS) is 12.1. The minimum absolute atomic E-state index is 0.0596. The number of carbonyl (C=O) groups excluding carboxylic acids is 1. The Balaban J connectivity index is 2.10. The summed E-state index contributed by atoms with van der Waals surface area (Å²) in [7, 11) is -2.66. The molecule has 0 saturated carbocycles. The molecule has 0 aliphatic heterocycles. The van der Waals surface area contributed by atoms with E-state index in [1.54, 1.807) is 13.8 Å². The second-order valence-electron chi connectivity index (χ2n) is 6.56. The molecule has 0 aromatic heterocycles. The third-order valence-electron chi connectivity index (χ3n) is 4.57. The average Bonchev–Trinajstić information content (AvgIpc) is 2.76. The molecule has 0 amide bonds. The molecule has 0 aliphatic carbocycles. The van der Waals surface area contributed by atoms with Gasteiger partial charge in [0.2, 0.25) is 10.0 Å². The van der Waals surface area contributed by atoms with Gasteiger partial charge in [-0.15, -0.1) is 0 Å². The van der Waals surface area contributed by atoms with Gasteiger partial charge in [-0.2, -0.15) is 0 Å². The zero-order valence-corrected chi connectivity index (χ0v) is 18.4. The fourth-order valence-corrected chi connectivity index (χ4v) is 4.10. The Labute approximate surface area is 181 Å². The van der Waals surface area contributed by atoms with Crippen molar-refractivity contribution in [3.63, 3.8) is 0 Å². The van der Waals surface area contributed by atoms with Gasteiger partial charge in [0.25, 0.3) is 0 Å². The fourth-order valence-electron chi connectivity index (χ4n) is 2.88. The lowest BCUT2D eigenvalue weighted by Crippen LogP contribution is -2.26. The maximum Gasteiger partial charge on any atom is 0.335 e. The minimum Gasteiger partial charge on any atom is -0.495 e. The summed E-state index contributed by atoms with van der Waals surface area (Å²) >= 11 is 0. The van der Waals surface area contributed by atoms with Crippen LogP contribution in [0.15, 0.2) is 53.1 Å². The summed E-state index contributed by atoms with van der Waals surface area (Å²) in [4.78, 5) is 22.1. The van der Waals surface area contributed by atoms with Crippen LogP contribution in [0.2, 0.25) is 0 Å². The molecule has 2 rings (SSSR count). The summed E-state index contributed by atoms with van der Waals surface area (Å²) < 4.78 is 38.1. The molecule has 2 N–H and O–H groups in total. The highest BCUT2D eigenvalue weighted by molar-refractivity contribution is 7.89. The first-order chi connectivity index (χ1) is 14.7. The number of sulfonamides is 1. The van der Waals surface area contributed by atoms with E-state index >= 15 is 0 Å². The number of benzene rings is 2. The molecular formula is C22H25NO7S. The summed E-state index contributed by atoms with van der Waals surface area (Å²) in [6.07, 6.45) is 1.09. The number of carbonyl (C=O) groups is 2. The van der Waals surface area contributed by atoms with Gasteiger partial charge in [0.1, 0.15) is 10.6 Å². The lowest BCUT2D eigenvalue weighted by molar-refractivity contribution is -0.107. The summed E-state index contributed by atoms with van der Waals surface area (Å²) in [5, 5.41) is 9.12. The smallest absolute Gasteiger partial charge is 0.335 e. The lowest BCUT2D eigenvalue weighted by atomic mass is 10.0. The SMILES string of the molecule is CCOC(C=O)=C(C)c1ccc(CCNS(=O)(=O)c2cc(C(=O)O)ccc2OC)cc1. The van der Waals surface area contributed by atoms with Crippen LogP contribution in [0.1, 0.15) is 35.3 Å². The monoisotopic (exact) mass is 447 g/mol. The molecule has 0 unspecified atom stereocenters. The zero-order chi connectivity index (χ0) is 23.0. The van der Waals surface area contributed by atoms with E-state index in [0.29, 0.717) is 19.3 Å². The topological polar surface area (TPSA) is 119 Å². The second-order valence-corrected chi connectivity index (χ2v) is 8.29. The van der Waals surface area contributed by atoms with Gasteiger partial charge in [0.05, 0.1) is 19.3 Å². The van der Waals surface area contributed by atoms with E-state index in [1.165, 1.54) is 19.2 Å². The second kappa shape index (κ2) is 10.7. The molecule has 166 valence electrons. The molecule has 0 aliphatic rings. The summed E-state index contributed by atoms with van der Waals surface area (Å²) in [6.45, 7) is 4.09. The van der Waals surface area contributed by atoms with E-state index in [0.717, 1.165) is 22.8 Å². The molecule has 0 heterocycles. The standard InChI is InChI=1S/C22H25NO7S/c1-4-30-20(14-24)15(2)17-7-5-16(6-8-17)11-12-23-31(27,28)21-13-18(22(25)26)9-10-19(21)29-3/h5-10,13-14,23H,4,11-12H2,1-3H3,(H,25,26). The van der Waals surface area contributed by atoms with Gasteiger partial charge in [-0.05, 0) is 49.6 Å². The lowest BCUT2D eigenvalue weighted by Gasteiger charge is -2.12. The predicted molar refractivity (Wildman–Crippen MR) is 116 cm³/mol. The maximum atomic E-state index is 12.7. The van der Waals surface area contributed by atoms with Crippen molar-refractivity contribution < 1.29 is 32.6 Å². The van der Waals surface area contributed by atoms with E-state index in [2.05, 4.69) is 4.72 Å². The highest BCUT2D eigenvalue weighted by Gasteiger charge is 2.21. The van der Waals surface area contributed by atoms with E-state index in [1.807, 2.05) is 24.3 Å². The van der Waals surface area contributed by atoms with Crippen LogP contribution in [0, 0.1) is 0 Å². The number of ether oxygens (including phenoxy) is 2. The number of hydrogen-bond donors (Lipinski definition) is 2. The number of carboxylic acids is 1. The van der Waals surface area contributed by atoms with E-state index in [-0.39, 0.29) is 28.5 Å². The van der Waals surface area contributed by atoms with Crippen molar-refractivity contribution >= 4 is 27.9 Å². The molecule has 0 atom stereocenters. The van der Waals surface area contributed by atoms with Crippen LogP contribution >= 0.6 is 0 Å². The molecule has 0 saturated heterocycles. The number of hydrogen-bond acceptors (Lipinski definition) is 6. The van der Waals surface area contributed by atoms with Gasteiger partial charge in [0, 0.05) is 12.1 Å². The molecule has 2 aromatic carbocycles. The van der Waals surface area contributed by atoms with Gasteiger partial charge in [0.15, 0.2) is 12.0 Å². The van der Waals surface area contributed by atoms with E-state index in [4.69, 9.17) is 14.6 Å². The van der Waals surface area contributed by atoms with Crippen LogP contribution in [-0.2, 0) is 26.0 Å². The summed E-state index contributed by atoms with van der Waals surface area (Å²) in [5.74, 6) is -0.893. The highest BCUT2D eigenvalue weighted by Crippen LogP contribution is 2.25. The van der Waals surface area contributed by atoms with Gasteiger partial charge in [-0.25, -0.2) is 17.9 Å². The third kappa shape index (κ3) is 6.16. The van der Waals surface area contributed by atoms with E-state index < -0.39 is 16.0 Å². The first-order valence-electron chi connectivity index (χ1n) is 9.52. The molecule has 0 fully saturated rings. The Hall–Kier alpha value is -3.17. The molecule has 0 bridgehead atoms. The van der Waals surface area contributed by atoms with Crippen LogP contribution in [0.4, 0.5) is 0 Å². The van der Waals surface area contributed by atoms with Crippen LogP contribution < -0.4 is 9.46 Å². The Morgan fingerprint density at radius 2 is 1.77 bits per heavy atom. The summed E-state index contributed by atoms with van der Waals surface area (Å²) in [5.41, 5.74) is 2.28. The Morgan fingerprint density at radius 3 is 2.32 bits per heavy atom. The van der Waals surface area contributed by atoms with Crippen LogP contribution in [-0.4, -0.2) is 46.0 Å². The number of carboxylic acid groups (broad SMARTS) is 1. The minimum atomic E-state index is -3.97. The molecule has 0 spiro atoms. The van der Waals surface area contributed by atoms with Crippen molar-refractivity contribution in [3.8, 4) is 5.75 Å². The van der Waals surface area contributed by atoms with Crippen LogP contribution in [0.25, 0.3) is 5.57 Å². The predicted octanol–water partition coefficient (Wildman–Crippen LogP) is 2.88. The van der Waals surface area contributed by atoms with Gasteiger partial charge >= 0.3 is 5.97 Å². The van der Waals surface area contributed by atoms with Gasteiger partial charge < -0.3 is 14.6 Å². The average molecular weight is 448 g/mol. The number of aldehydes is 1. The Morgan fingerprint density at radius 1 is 1.13 bits per heavy atom. The van der Waals surface area contributed by atoms with E-state index in [9.17, 15) is 18.0 Å². The van der Waals surface area contributed by atoms with Gasteiger partial charge in [-0.3, -0.25) is 4.79 Å². The number of allylic oxidation sites excluding steroid dienone is 2. The Bertz CT molecular complexity index is 1070. The molecule has 31 heavy (non-hydrogen) atoms. The fraction of sp³-hybridized carbons (Fsp3) is 0.273. The molecule has 8 nitrogen and oxygen atoms in total. The number of methoxy groups -OCH3 is 1. The number of nitrogens with one attached hydrogen (secondary N) is 1. The van der Waals surface area contributed by atoms with Crippen molar-refractivity contribution in [3.05, 3.63) is 64.9 Å². The van der Waals surface area contributed by atoms with Crippen molar-refractivity contribution in [1.29, 1.82) is 0 Å². The largest absolute Gasteiger partial charge is 0.495 e. The number of rotatable bonds is 11. The van der Waals surface area contributed by atoms with Gasteiger partial charge in [-0.1, -0.05) is 24.3 Å². The zero-order valence-electron chi connectivity index (χ0n) is 17.5. The summed E-state index contributed by atoms with van der Waals surface area (Å²) in [6, 6.07) is 11.0. The van der Waals surface area contributed by atoms with Crippen LogP contribution in [0.3, 0.4) is 0 Å². The molecular weight excluding hydrogens is 422 g/mol. The molecule has 0 radical (unpaired) electrons. The van der Waals surface area contributed by atoms with Crippen molar-refractivity contribution in [2.24, 2.45) is 0 Å². The maximum absolute atomic E-state index is 12.7. The first-order valence-corrected chi connectivity index (χ1v) is 11.0. The van der Waals surface area contributed by atoms with Crippen molar-refractivity contribution in [2.45, 2.75) is 25.2 Å². The third-order valence-corrected chi connectivity index (χ3v) is 6.05.